The van der Waals surface area contributed by atoms with E-state index in [1.165, 1.54) is 36.4 Å². The number of alkyl halides is 3. The molecule has 188 valence electrons. The molecule has 0 heterocycles. The van der Waals surface area contributed by atoms with Gasteiger partial charge < -0.3 is 10.4 Å². The molecule has 3 rings (SSSR count). The summed E-state index contributed by atoms with van der Waals surface area (Å²) in [6.45, 7) is 7.32. The third kappa shape index (κ3) is 5.79. The fraction of sp³-hybridized carbons (Fsp3) is 0.259. The summed E-state index contributed by atoms with van der Waals surface area (Å²) in [5.74, 6) is -2.14. The number of benzene rings is 3. The number of hydrogen-bond acceptors (Lipinski definition) is 3. The van der Waals surface area contributed by atoms with Gasteiger partial charge in [-0.05, 0) is 82.0 Å². The van der Waals surface area contributed by atoms with E-state index >= 15 is 0 Å². The van der Waals surface area contributed by atoms with Crippen LogP contribution in [0.2, 0.25) is 5.02 Å². The fourth-order valence-electron chi connectivity index (χ4n) is 3.89. The number of carbonyl (C=O) groups is 1. The van der Waals surface area contributed by atoms with Gasteiger partial charge in [0.05, 0.1) is 23.1 Å². The minimum Gasteiger partial charge on any atom is -0.507 e. The second-order valence-electron chi connectivity index (χ2n) is 9.37. The average molecular weight is 627 g/mol. The fourth-order valence-corrected chi connectivity index (χ4v) is 4.60. The van der Waals surface area contributed by atoms with E-state index in [0.29, 0.717) is 21.7 Å². The summed E-state index contributed by atoms with van der Waals surface area (Å²) in [4.78, 5) is 13.2. The lowest BCUT2D eigenvalue weighted by atomic mass is 9.84. The SMILES string of the molecule is Cc1c(I)cc(C(C)(C)C)c(O)c1C(=O)Nc1ccc(C(C#N)c2ccc(Cl)cc2)c(C(F)(F)F)c1. The molecule has 2 N–H and O–H groups in total. The highest BCUT2D eigenvalue weighted by atomic mass is 127. The average Bonchev–Trinajstić information content (AvgIpc) is 2.77. The van der Waals surface area contributed by atoms with Gasteiger partial charge in [0.2, 0.25) is 0 Å². The molecular weight excluding hydrogens is 604 g/mol. The van der Waals surface area contributed by atoms with Crippen molar-refractivity contribution in [2.45, 2.75) is 45.2 Å². The van der Waals surface area contributed by atoms with Gasteiger partial charge in [0, 0.05) is 19.8 Å². The molecule has 0 aliphatic rings. The van der Waals surface area contributed by atoms with Crippen LogP contribution in [0.4, 0.5) is 18.9 Å². The largest absolute Gasteiger partial charge is 0.507 e. The van der Waals surface area contributed by atoms with Gasteiger partial charge in [0.15, 0.2) is 0 Å². The number of amides is 1. The first kappa shape index (κ1) is 27.8. The number of hydrogen-bond donors (Lipinski definition) is 2. The van der Waals surface area contributed by atoms with E-state index in [1.54, 1.807) is 13.0 Å². The Balaban J connectivity index is 2.07. The van der Waals surface area contributed by atoms with E-state index in [9.17, 15) is 28.3 Å². The highest BCUT2D eigenvalue weighted by Gasteiger charge is 2.36. The zero-order valence-electron chi connectivity index (χ0n) is 19.9. The van der Waals surface area contributed by atoms with Crippen molar-refractivity contribution in [2.75, 3.05) is 5.32 Å². The van der Waals surface area contributed by atoms with Gasteiger partial charge in [0.1, 0.15) is 5.75 Å². The molecule has 0 radical (unpaired) electrons. The molecule has 36 heavy (non-hydrogen) atoms. The molecule has 0 fully saturated rings. The number of phenols is 1. The van der Waals surface area contributed by atoms with Crippen LogP contribution < -0.4 is 5.32 Å². The van der Waals surface area contributed by atoms with E-state index in [2.05, 4.69) is 27.9 Å². The summed E-state index contributed by atoms with van der Waals surface area (Å²) in [5, 5.41) is 23.4. The van der Waals surface area contributed by atoms with Crippen LogP contribution in [-0.4, -0.2) is 11.0 Å². The molecule has 0 saturated heterocycles. The van der Waals surface area contributed by atoms with Gasteiger partial charge in [-0.3, -0.25) is 4.79 Å². The molecule has 0 aliphatic carbocycles. The molecule has 9 heteroatoms. The Bertz CT molecular complexity index is 1360. The number of nitrogens with one attached hydrogen (secondary N) is 1. The predicted molar refractivity (Wildman–Crippen MR) is 143 cm³/mol. The summed E-state index contributed by atoms with van der Waals surface area (Å²) < 4.78 is 42.9. The molecule has 0 aliphatic heterocycles. The molecule has 3 aromatic carbocycles. The van der Waals surface area contributed by atoms with Crippen LogP contribution in [0.1, 0.15) is 64.9 Å². The van der Waals surface area contributed by atoms with Crippen LogP contribution in [0, 0.1) is 21.8 Å². The van der Waals surface area contributed by atoms with E-state index in [1.807, 2.05) is 26.8 Å². The molecule has 3 aromatic rings. The number of nitrogens with zero attached hydrogens (tertiary/aromatic N) is 1. The van der Waals surface area contributed by atoms with Crippen LogP contribution in [0.15, 0.2) is 48.5 Å². The van der Waals surface area contributed by atoms with Crippen LogP contribution in [0.25, 0.3) is 0 Å². The van der Waals surface area contributed by atoms with E-state index in [-0.39, 0.29) is 22.6 Å². The molecule has 0 aromatic heterocycles. The van der Waals surface area contributed by atoms with Gasteiger partial charge in [-0.15, -0.1) is 0 Å². The number of nitriles is 1. The number of rotatable bonds is 4. The first-order valence-corrected chi connectivity index (χ1v) is 12.3. The van der Waals surface area contributed by atoms with Crippen molar-refractivity contribution >= 4 is 45.8 Å². The Hall–Kier alpha value is -2.77. The maximum atomic E-state index is 14.0. The molecule has 4 nitrogen and oxygen atoms in total. The number of carbonyl (C=O) groups excluding carboxylic acids is 1. The standard InChI is InChI=1S/C27H23ClF3IN2O2/c1-14-22(32)12-21(26(2,3)4)24(35)23(14)25(36)34-17-9-10-18(20(11-17)27(29,30)31)19(13-33)15-5-7-16(28)8-6-15/h5-12,19,35H,1-4H3,(H,34,36). The van der Waals surface area contributed by atoms with Crippen LogP contribution in [-0.2, 0) is 11.6 Å². The van der Waals surface area contributed by atoms with Gasteiger partial charge >= 0.3 is 6.18 Å². The second kappa shape index (κ2) is 10.3. The highest BCUT2D eigenvalue weighted by Crippen LogP contribution is 2.40. The lowest BCUT2D eigenvalue weighted by molar-refractivity contribution is -0.138. The van der Waals surface area contributed by atoms with Crippen molar-refractivity contribution in [2.24, 2.45) is 0 Å². The summed E-state index contributed by atoms with van der Waals surface area (Å²) in [6.07, 6.45) is -4.78. The van der Waals surface area contributed by atoms with E-state index in [0.717, 1.165) is 9.64 Å². The Morgan fingerprint density at radius 2 is 1.69 bits per heavy atom. The van der Waals surface area contributed by atoms with Crippen molar-refractivity contribution in [1.29, 1.82) is 5.26 Å². The minimum absolute atomic E-state index is 0.000487. The molecule has 1 unspecified atom stereocenters. The van der Waals surface area contributed by atoms with Crippen LogP contribution in [0.5, 0.6) is 5.75 Å². The molecular formula is C27H23ClF3IN2O2. The Labute approximate surface area is 226 Å². The highest BCUT2D eigenvalue weighted by molar-refractivity contribution is 14.1. The lowest BCUT2D eigenvalue weighted by Gasteiger charge is -2.24. The lowest BCUT2D eigenvalue weighted by Crippen LogP contribution is -2.19. The molecule has 1 amide bonds. The zero-order chi connectivity index (χ0) is 27.0. The van der Waals surface area contributed by atoms with Gasteiger partial charge in [0.25, 0.3) is 5.91 Å². The third-order valence-corrected chi connectivity index (χ3v) is 7.16. The topological polar surface area (TPSA) is 73.1 Å². The summed E-state index contributed by atoms with van der Waals surface area (Å²) in [5.41, 5.74) is -0.439. The Kier molecular flexibility index (Phi) is 7.96. The predicted octanol–water partition coefficient (Wildman–Crippen LogP) is 8.18. The minimum atomic E-state index is -4.78. The number of phenolic OH excluding ortho intramolecular Hbond substituents is 1. The third-order valence-electron chi connectivity index (χ3n) is 5.79. The van der Waals surface area contributed by atoms with Gasteiger partial charge in [-0.1, -0.05) is 50.6 Å². The molecule has 1 atom stereocenters. The number of anilines is 1. The van der Waals surface area contributed by atoms with Crippen molar-refractivity contribution < 1.29 is 23.1 Å². The quantitative estimate of drug-likeness (QED) is 0.287. The number of aromatic hydroxyl groups is 1. The number of halogens is 5. The summed E-state index contributed by atoms with van der Waals surface area (Å²) >= 11 is 7.93. The van der Waals surface area contributed by atoms with E-state index in [4.69, 9.17) is 11.6 Å². The zero-order valence-corrected chi connectivity index (χ0v) is 22.8. The van der Waals surface area contributed by atoms with Crippen LogP contribution in [0.3, 0.4) is 0 Å². The molecule has 0 spiro atoms. The van der Waals surface area contributed by atoms with Crippen molar-refractivity contribution in [3.8, 4) is 11.8 Å². The van der Waals surface area contributed by atoms with Crippen molar-refractivity contribution in [3.05, 3.63) is 90.5 Å². The van der Waals surface area contributed by atoms with Crippen molar-refractivity contribution in [3.63, 3.8) is 0 Å². The van der Waals surface area contributed by atoms with Crippen molar-refractivity contribution in [1.82, 2.24) is 0 Å². The monoisotopic (exact) mass is 626 g/mol. The molecule has 0 bridgehead atoms. The summed E-state index contributed by atoms with van der Waals surface area (Å²) in [7, 11) is 0. The Morgan fingerprint density at radius 3 is 2.22 bits per heavy atom. The smallest absolute Gasteiger partial charge is 0.416 e. The maximum absolute atomic E-state index is 14.0. The first-order valence-electron chi connectivity index (χ1n) is 10.8. The van der Waals surface area contributed by atoms with E-state index < -0.39 is 29.0 Å². The van der Waals surface area contributed by atoms with Crippen LogP contribution >= 0.6 is 34.2 Å². The maximum Gasteiger partial charge on any atom is 0.416 e. The second-order valence-corrected chi connectivity index (χ2v) is 11.0. The normalized spacial score (nSPS) is 12.7. The van der Waals surface area contributed by atoms with Gasteiger partial charge in [-0.25, -0.2) is 0 Å². The summed E-state index contributed by atoms with van der Waals surface area (Å²) in [6, 6.07) is 13.0. The Morgan fingerprint density at radius 1 is 1.08 bits per heavy atom. The first-order chi connectivity index (χ1) is 16.6. The molecule has 0 saturated carbocycles. The van der Waals surface area contributed by atoms with Gasteiger partial charge in [-0.2, -0.15) is 18.4 Å².